The second kappa shape index (κ2) is 6.36. The maximum Gasteiger partial charge on any atom is 0.264 e. The average Bonchev–Trinajstić information content (AvgIpc) is 1.94. The molecule has 0 rings (SSSR count). The van der Waals surface area contributed by atoms with Gasteiger partial charge in [-0.1, -0.05) is 0 Å². The molecule has 12 heavy (non-hydrogen) atoms. The Morgan fingerprint density at radius 2 is 1.92 bits per heavy atom. The monoisotopic (exact) mass is 198 g/mol. The maximum atomic E-state index is 10.4. The van der Waals surface area contributed by atoms with Crippen molar-refractivity contribution < 1.29 is 22.4 Å². The van der Waals surface area contributed by atoms with Crippen molar-refractivity contribution in [1.82, 2.24) is 0 Å². The Morgan fingerprint density at radius 1 is 1.25 bits per heavy atom. The largest absolute Gasteiger partial charge is 0.394 e. The summed E-state index contributed by atoms with van der Waals surface area (Å²) < 4.78 is 30.1. The molecule has 0 saturated carbocycles. The zero-order chi connectivity index (χ0) is 9.45. The van der Waals surface area contributed by atoms with Crippen molar-refractivity contribution in [3.8, 4) is 0 Å². The van der Waals surface area contributed by atoms with Crippen molar-refractivity contribution in [3.63, 3.8) is 0 Å². The number of rotatable bonds is 7. The second-order valence-electron chi connectivity index (χ2n) is 2.22. The Balaban J connectivity index is 3.12. The summed E-state index contributed by atoms with van der Waals surface area (Å²) in [6.07, 6.45) is 1.51. The van der Waals surface area contributed by atoms with E-state index in [1.807, 2.05) is 0 Å². The van der Waals surface area contributed by atoms with Crippen LogP contribution in [0.3, 0.4) is 0 Å². The minimum absolute atomic E-state index is 0.0209. The Bertz CT molecular complexity index is 186. The average molecular weight is 198 g/mol. The minimum atomic E-state index is -3.32. The Labute approximate surface area is 72.4 Å². The Morgan fingerprint density at radius 3 is 2.42 bits per heavy atom. The van der Waals surface area contributed by atoms with Gasteiger partial charge in [-0.05, 0) is 6.42 Å². The number of ether oxygens (including phenoxy) is 1. The van der Waals surface area contributed by atoms with Crippen molar-refractivity contribution in [3.05, 3.63) is 0 Å². The first-order valence-electron chi connectivity index (χ1n) is 3.59. The van der Waals surface area contributed by atoms with Crippen LogP contribution < -0.4 is 0 Å². The van der Waals surface area contributed by atoms with E-state index < -0.39 is 10.1 Å². The van der Waals surface area contributed by atoms with Crippen LogP contribution in [0.1, 0.15) is 6.42 Å². The predicted octanol–water partition coefficient (Wildman–Crippen LogP) is -0.638. The van der Waals surface area contributed by atoms with E-state index >= 15 is 0 Å². The topological polar surface area (TPSA) is 72.8 Å². The third-order valence-corrected chi connectivity index (χ3v) is 1.56. The molecule has 0 aromatic rings. The molecular formula is C6H14O5S. The fourth-order valence-corrected chi connectivity index (χ4v) is 0.959. The van der Waals surface area contributed by atoms with Gasteiger partial charge in [-0.25, -0.2) is 0 Å². The predicted molar refractivity (Wildman–Crippen MR) is 43.3 cm³/mol. The van der Waals surface area contributed by atoms with Gasteiger partial charge in [0.1, 0.15) is 0 Å². The highest BCUT2D eigenvalue weighted by Crippen LogP contribution is 1.90. The second-order valence-corrected chi connectivity index (χ2v) is 3.86. The summed E-state index contributed by atoms with van der Waals surface area (Å²) in [5, 5.41) is 8.30. The molecule has 0 aliphatic rings. The number of hydrogen-bond donors (Lipinski definition) is 1. The first-order valence-corrected chi connectivity index (χ1v) is 5.41. The van der Waals surface area contributed by atoms with Gasteiger partial charge < -0.3 is 9.84 Å². The summed E-state index contributed by atoms with van der Waals surface area (Å²) in [4.78, 5) is 0. The van der Waals surface area contributed by atoms with E-state index in [0.29, 0.717) is 13.0 Å². The molecule has 0 atom stereocenters. The quantitative estimate of drug-likeness (QED) is 0.435. The van der Waals surface area contributed by atoms with Crippen LogP contribution in [0.2, 0.25) is 0 Å². The third kappa shape index (κ3) is 9.83. The summed E-state index contributed by atoms with van der Waals surface area (Å²) in [7, 11) is -3.32. The lowest BCUT2D eigenvalue weighted by molar-refractivity contribution is 0.0841. The number of aliphatic hydroxyl groups is 1. The molecule has 0 aromatic carbocycles. The smallest absolute Gasteiger partial charge is 0.264 e. The van der Waals surface area contributed by atoms with E-state index in [2.05, 4.69) is 4.18 Å². The molecule has 0 spiro atoms. The van der Waals surface area contributed by atoms with Gasteiger partial charge >= 0.3 is 0 Å². The normalized spacial score (nSPS) is 11.8. The van der Waals surface area contributed by atoms with E-state index in [1.165, 1.54) is 0 Å². The molecule has 0 fully saturated rings. The van der Waals surface area contributed by atoms with Gasteiger partial charge in [-0.3, -0.25) is 4.18 Å². The third-order valence-electron chi connectivity index (χ3n) is 0.966. The van der Waals surface area contributed by atoms with Crippen LogP contribution in [-0.2, 0) is 19.0 Å². The zero-order valence-electron chi connectivity index (χ0n) is 7.02. The molecule has 0 radical (unpaired) electrons. The molecule has 1 N–H and O–H groups in total. The molecule has 0 unspecified atom stereocenters. The van der Waals surface area contributed by atoms with E-state index in [9.17, 15) is 8.42 Å². The van der Waals surface area contributed by atoms with E-state index in [-0.39, 0.29) is 19.8 Å². The van der Waals surface area contributed by atoms with Crippen LogP contribution in [0.5, 0.6) is 0 Å². The standard InChI is InChI=1S/C6H14O5S/c1-12(8,9)11-5-2-4-10-6-3-7/h7H,2-6H2,1H3. The fraction of sp³-hybridized carbons (Fsp3) is 1.00. The maximum absolute atomic E-state index is 10.4. The highest BCUT2D eigenvalue weighted by atomic mass is 32.2. The van der Waals surface area contributed by atoms with Gasteiger partial charge in [0.2, 0.25) is 0 Å². The first-order chi connectivity index (χ1) is 5.56. The van der Waals surface area contributed by atoms with Crippen molar-refractivity contribution >= 4 is 10.1 Å². The zero-order valence-corrected chi connectivity index (χ0v) is 7.84. The van der Waals surface area contributed by atoms with Crippen LogP contribution in [0.25, 0.3) is 0 Å². The number of aliphatic hydroxyl groups excluding tert-OH is 1. The highest BCUT2D eigenvalue weighted by Gasteiger charge is 1.99. The lowest BCUT2D eigenvalue weighted by atomic mass is 10.5. The van der Waals surface area contributed by atoms with Crippen LogP contribution in [0.15, 0.2) is 0 Å². The molecule has 0 aliphatic heterocycles. The first kappa shape index (κ1) is 11.8. The van der Waals surface area contributed by atoms with E-state index in [4.69, 9.17) is 9.84 Å². The molecule has 0 heterocycles. The molecule has 0 aromatic heterocycles. The SMILES string of the molecule is CS(=O)(=O)OCCCOCCO. The van der Waals surface area contributed by atoms with Gasteiger partial charge in [-0.2, -0.15) is 8.42 Å². The molecular weight excluding hydrogens is 184 g/mol. The van der Waals surface area contributed by atoms with E-state index in [0.717, 1.165) is 6.26 Å². The Kier molecular flexibility index (Phi) is 6.27. The Hall–Kier alpha value is -0.170. The molecule has 74 valence electrons. The van der Waals surface area contributed by atoms with Gasteiger partial charge in [0.25, 0.3) is 10.1 Å². The van der Waals surface area contributed by atoms with Gasteiger partial charge in [0.05, 0.1) is 26.1 Å². The van der Waals surface area contributed by atoms with Gasteiger partial charge in [0.15, 0.2) is 0 Å². The fourth-order valence-electron chi connectivity index (χ4n) is 0.538. The van der Waals surface area contributed by atoms with Crippen molar-refractivity contribution in [2.24, 2.45) is 0 Å². The summed E-state index contributed by atoms with van der Waals surface area (Å²) in [5.74, 6) is 0. The molecule has 0 aliphatic carbocycles. The number of hydrogen-bond acceptors (Lipinski definition) is 5. The molecule has 6 heteroatoms. The summed E-state index contributed by atoms with van der Waals surface area (Å²) in [6.45, 7) is 0.784. The lowest BCUT2D eigenvalue weighted by Crippen LogP contribution is -2.07. The molecule has 0 amide bonds. The molecule has 0 saturated heterocycles. The van der Waals surface area contributed by atoms with Crippen LogP contribution in [0, 0.1) is 0 Å². The van der Waals surface area contributed by atoms with Crippen LogP contribution in [0.4, 0.5) is 0 Å². The minimum Gasteiger partial charge on any atom is -0.394 e. The summed E-state index contributed by atoms with van der Waals surface area (Å²) in [6, 6.07) is 0. The van der Waals surface area contributed by atoms with E-state index in [1.54, 1.807) is 0 Å². The molecule has 0 bridgehead atoms. The van der Waals surface area contributed by atoms with Crippen molar-refractivity contribution in [2.75, 3.05) is 32.7 Å². The molecule has 5 nitrogen and oxygen atoms in total. The van der Waals surface area contributed by atoms with Crippen molar-refractivity contribution in [2.45, 2.75) is 6.42 Å². The summed E-state index contributed by atoms with van der Waals surface area (Å²) >= 11 is 0. The van der Waals surface area contributed by atoms with Gasteiger partial charge in [0, 0.05) is 6.61 Å². The highest BCUT2D eigenvalue weighted by molar-refractivity contribution is 7.85. The van der Waals surface area contributed by atoms with Crippen molar-refractivity contribution in [1.29, 1.82) is 0 Å². The lowest BCUT2D eigenvalue weighted by Gasteiger charge is -2.01. The summed E-state index contributed by atoms with van der Waals surface area (Å²) in [5.41, 5.74) is 0. The van der Waals surface area contributed by atoms with Crippen LogP contribution >= 0.6 is 0 Å². The van der Waals surface area contributed by atoms with Gasteiger partial charge in [-0.15, -0.1) is 0 Å². The van der Waals surface area contributed by atoms with Crippen LogP contribution in [-0.4, -0.2) is 46.2 Å².